The van der Waals surface area contributed by atoms with Crippen molar-refractivity contribution in [2.45, 2.75) is 83.3 Å². The standard InChI is InChI=1S/C30H34F4O3/c1-2-3-4-20-5-7-23(8-6-20)29(35)36-27-15-11-22(12-16-27)21-9-13-24(14-10-21)30(33,34)37-28-18-25(31)17-26(32)19-28/h5-8,11,17-19,21,24,27H,2-4,9-10,12-16H2,1H3. The summed E-state index contributed by atoms with van der Waals surface area (Å²) in [5.41, 5.74) is 3.01. The molecule has 0 bridgehead atoms. The van der Waals surface area contributed by atoms with Gasteiger partial charge >= 0.3 is 12.1 Å². The average molecular weight is 519 g/mol. The zero-order valence-electron chi connectivity index (χ0n) is 21.2. The van der Waals surface area contributed by atoms with Gasteiger partial charge in [-0.15, -0.1) is 0 Å². The highest BCUT2D eigenvalue weighted by Gasteiger charge is 2.44. The van der Waals surface area contributed by atoms with Crippen molar-refractivity contribution in [2.75, 3.05) is 0 Å². The summed E-state index contributed by atoms with van der Waals surface area (Å²) < 4.78 is 66.5. The lowest BCUT2D eigenvalue weighted by atomic mass is 9.75. The van der Waals surface area contributed by atoms with Crippen molar-refractivity contribution in [3.05, 3.63) is 76.9 Å². The first-order chi connectivity index (χ1) is 17.7. The molecule has 2 aliphatic rings. The number of hydrogen-bond acceptors (Lipinski definition) is 3. The molecule has 1 fully saturated rings. The molecule has 0 amide bonds. The van der Waals surface area contributed by atoms with Gasteiger partial charge in [0.15, 0.2) is 0 Å². The zero-order chi connectivity index (χ0) is 26.4. The molecule has 0 radical (unpaired) electrons. The summed E-state index contributed by atoms with van der Waals surface area (Å²) in [6.45, 7) is 2.15. The van der Waals surface area contributed by atoms with Crippen LogP contribution in [0.5, 0.6) is 5.75 Å². The molecule has 7 heteroatoms. The van der Waals surface area contributed by atoms with E-state index in [-0.39, 0.29) is 30.8 Å². The topological polar surface area (TPSA) is 35.5 Å². The van der Waals surface area contributed by atoms with Crippen LogP contribution in [0.3, 0.4) is 0 Å². The SMILES string of the molecule is CCCCc1ccc(C(=O)OC2CC=C(C3CCC(C(F)(F)Oc4cc(F)cc(F)c4)CC3)CC2)cc1. The van der Waals surface area contributed by atoms with Crippen LogP contribution in [-0.2, 0) is 11.2 Å². The molecule has 0 spiro atoms. The van der Waals surface area contributed by atoms with Gasteiger partial charge in [0.2, 0.25) is 0 Å². The van der Waals surface area contributed by atoms with Crippen LogP contribution >= 0.6 is 0 Å². The molecule has 4 rings (SSSR count). The number of aryl methyl sites for hydroxylation is 1. The van der Waals surface area contributed by atoms with E-state index in [4.69, 9.17) is 9.47 Å². The molecule has 1 saturated carbocycles. The summed E-state index contributed by atoms with van der Waals surface area (Å²) in [7, 11) is 0. The van der Waals surface area contributed by atoms with Crippen LogP contribution in [0.15, 0.2) is 54.1 Å². The molecule has 37 heavy (non-hydrogen) atoms. The third-order valence-corrected chi connectivity index (χ3v) is 7.50. The van der Waals surface area contributed by atoms with Crippen molar-refractivity contribution in [2.24, 2.45) is 11.8 Å². The largest absolute Gasteiger partial charge is 0.458 e. The smallest absolute Gasteiger partial charge is 0.400 e. The van der Waals surface area contributed by atoms with Gasteiger partial charge in [-0.05, 0) is 75.0 Å². The Bertz CT molecular complexity index is 1070. The number of carbonyl (C=O) groups excluding carboxylic acids is 1. The van der Waals surface area contributed by atoms with Gasteiger partial charge < -0.3 is 9.47 Å². The Balaban J connectivity index is 1.24. The monoisotopic (exact) mass is 518 g/mol. The van der Waals surface area contributed by atoms with Crippen molar-refractivity contribution >= 4 is 5.97 Å². The number of halogens is 4. The Morgan fingerprint density at radius 3 is 2.24 bits per heavy atom. The molecule has 3 nitrogen and oxygen atoms in total. The maximum absolute atomic E-state index is 14.7. The summed E-state index contributed by atoms with van der Waals surface area (Å²) in [5.74, 6) is -3.53. The maximum Gasteiger partial charge on any atom is 0.400 e. The van der Waals surface area contributed by atoms with E-state index >= 15 is 0 Å². The number of ether oxygens (including phenoxy) is 2. The summed E-state index contributed by atoms with van der Waals surface area (Å²) in [6.07, 6.45) is 5.51. The van der Waals surface area contributed by atoms with Crippen molar-refractivity contribution in [3.8, 4) is 5.75 Å². The Labute approximate surface area is 215 Å². The minimum atomic E-state index is -3.50. The molecular weight excluding hydrogens is 484 g/mol. The molecule has 2 aromatic rings. The van der Waals surface area contributed by atoms with Crippen molar-refractivity contribution in [3.63, 3.8) is 0 Å². The van der Waals surface area contributed by atoms with Gasteiger partial charge in [0, 0.05) is 24.6 Å². The van der Waals surface area contributed by atoms with E-state index in [1.807, 2.05) is 24.3 Å². The van der Waals surface area contributed by atoms with Gasteiger partial charge in [0.05, 0.1) is 11.5 Å². The van der Waals surface area contributed by atoms with Crippen LogP contribution in [0.1, 0.15) is 80.6 Å². The predicted molar refractivity (Wildman–Crippen MR) is 134 cm³/mol. The lowest BCUT2D eigenvalue weighted by Gasteiger charge is -2.35. The minimum Gasteiger partial charge on any atom is -0.458 e. The Morgan fingerprint density at radius 1 is 0.973 bits per heavy atom. The second-order valence-electron chi connectivity index (χ2n) is 10.2. The Hall–Kier alpha value is -2.83. The van der Waals surface area contributed by atoms with E-state index in [1.165, 1.54) is 11.1 Å². The van der Waals surface area contributed by atoms with E-state index < -0.39 is 29.4 Å². The molecular formula is C30H34F4O3. The number of hydrogen-bond donors (Lipinski definition) is 0. The highest BCUT2D eigenvalue weighted by atomic mass is 19.3. The summed E-state index contributed by atoms with van der Waals surface area (Å²) >= 11 is 0. The number of unbranched alkanes of at least 4 members (excludes halogenated alkanes) is 1. The molecule has 0 N–H and O–H groups in total. The second-order valence-corrected chi connectivity index (χ2v) is 10.2. The molecule has 2 aromatic carbocycles. The quantitative estimate of drug-likeness (QED) is 0.190. The van der Waals surface area contributed by atoms with E-state index in [0.717, 1.165) is 44.2 Å². The van der Waals surface area contributed by atoms with Gasteiger partial charge in [-0.3, -0.25) is 0 Å². The van der Waals surface area contributed by atoms with Gasteiger partial charge in [0.25, 0.3) is 0 Å². The molecule has 2 aliphatic carbocycles. The van der Waals surface area contributed by atoms with Crippen molar-refractivity contribution < 1.29 is 31.8 Å². The number of benzene rings is 2. The van der Waals surface area contributed by atoms with Gasteiger partial charge in [-0.2, -0.15) is 8.78 Å². The highest BCUT2D eigenvalue weighted by Crippen LogP contribution is 2.43. The zero-order valence-corrected chi connectivity index (χ0v) is 21.2. The summed E-state index contributed by atoms with van der Waals surface area (Å²) in [6, 6.07) is 9.74. The van der Waals surface area contributed by atoms with E-state index in [1.54, 1.807) is 0 Å². The molecule has 0 aliphatic heterocycles. The number of alkyl halides is 2. The number of rotatable bonds is 9. The van der Waals surface area contributed by atoms with E-state index in [9.17, 15) is 22.4 Å². The fourth-order valence-electron chi connectivity index (χ4n) is 5.34. The molecule has 0 heterocycles. The van der Waals surface area contributed by atoms with Crippen LogP contribution in [-0.4, -0.2) is 18.2 Å². The summed E-state index contributed by atoms with van der Waals surface area (Å²) in [5, 5.41) is 0. The summed E-state index contributed by atoms with van der Waals surface area (Å²) in [4.78, 5) is 12.6. The molecule has 0 aromatic heterocycles. The Kier molecular flexibility index (Phi) is 8.93. The van der Waals surface area contributed by atoms with E-state index in [0.29, 0.717) is 30.9 Å². The predicted octanol–water partition coefficient (Wildman–Crippen LogP) is 8.42. The first-order valence-electron chi connectivity index (χ1n) is 13.2. The first kappa shape index (κ1) is 27.2. The maximum atomic E-state index is 14.7. The lowest BCUT2D eigenvalue weighted by molar-refractivity contribution is -0.223. The number of esters is 1. The molecule has 1 unspecified atom stereocenters. The molecule has 200 valence electrons. The lowest BCUT2D eigenvalue weighted by Crippen LogP contribution is -2.37. The Morgan fingerprint density at radius 2 is 1.65 bits per heavy atom. The highest BCUT2D eigenvalue weighted by molar-refractivity contribution is 5.89. The first-order valence-corrected chi connectivity index (χ1v) is 13.2. The van der Waals surface area contributed by atoms with Gasteiger partial charge in [-0.1, -0.05) is 37.1 Å². The van der Waals surface area contributed by atoms with Crippen LogP contribution in [0, 0.1) is 23.5 Å². The molecule has 1 atom stereocenters. The minimum absolute atomic E-state index is 0.184. The van der Waals surface area contributed by atoms with Gasteiger partial charge in [-0.25, -0.2) is 13.6 Å². The van der Waals surface area contributed by atoms with E-state index in [2.05, 4.69) is 13.0 Å². The number of allylic oxidation sites excluding steroid dienone is 1. The third kappa shape index (κ3) is 7.36. The van der Waals surface area contributed by atoms with Crippen LogP contribution in [0.25, 0.3) is 0 Å². The third-order valence-electron chi connectivity index (χ3n) is 7.50. The van der Waals surface area contributed by atoms with Gasteiger partial charge in [0.1, 0.15) is 23.5 Å². The molecule has 0 saturated heterocycles. The fourth-order valence-corrected chi connectivity index (χ4v) is 5.34. The van der Waals surface area contributed by atoms with Crippen LogP contribution in [0.2, 0.25) is 0 Å². The average Bonchev–Trinajstić information content (AvgIpc) is 2.87. The van der Waals surface area contributed by atoms with Crippen LogP contribution in [0.4, 0.5) is 17.6 Å². The van der Waals surface area contributed by atoms with Crippen molar-refractivity contribution in [1.82, 2.24) is 0 Å². The number of carbonyl (C=O) groups is 1. The second kappa shape index (κ2) is 12.1. The van der Waals surface area contributed by atoms with Crippen molar-refractivity contribution in [1.29, 1.82) is 0 Å². The normalized spacial score (nSPS) is 22.3. The fraction of sp³-hybridized carbons (Fsp3) is 0.500. The van der Waals surface area contributed by atoms with Crippen LogP contribution < -0.4 is 4.74 Å².